The number of anilines is 1. The van der Waals surface area contributed by atoms with E-state index in [1.165, 1.54) is 35.6 Å². The number of benzene rings is 2. The van der Waals surface area contributed by atoms with Gasteiger partial charge in [-0.25, -0.2) is 13.4 Å². The topological polar surface area (TPSA) is 59.1 Å². The van der Waals surface area contributed by atoms with Crippen molar-refractivity contribution < 1.29 is 17.2 Å². The molecule has 0 radical (unpaired) electrons. The fraction of sp³-hybridized carbons (Fsp3) is 0.118. The van der Waals surface area contributed by atoms with Crippen molar-refractivity contribution in [2.75, 3.05) is 5.32 Å². The van der Waals surface area contributed by atoms with Crippen molar-refractivity contribution in [3.8, 4) is 0 Å². The monoisotopic (exact) mass is 380 g/mol. The zero-order valence-electron chi connectivity index (χ0n) is 12.8. The molecule has 1 unspecified atom stereocenters. The number of halogens is 2. The Hall–Kier alpha value is -2.32. The molecule has 0 saturated carbocycles. The summed E-state index contributed by atoms with van der Waals surface area (Å²) in [5, 5.41) is 5.98. The highest BCUT2D eigenvalue weighted by atomic mass is 32.2. The van der Waals surface area contributed by atoms with E-state index in [0.717, 1.165) is 10.6 Å². The normalized spacial score (nSPS) is 12.9. The first-order valence-electron chi connectivity index (χ1n) is 7.31. The minimum atomic E-state index is -4.59. The molecule has 0 fully saturated rings. The van der Waals surface area contributed by atoms with Crippen LogP contribution in [0.2, 0.25) is 0 Å². The number of hydrogen-bond acceptors (Lipinski definition) is 5. The molecule has 1 heterocycles. The second-order valence-electron chi connectivity index (χ2n) is 5.19. The number of thiazole rings is 1. The van der Waals surface area contributed by atoms with Crippen LogP contribution in [0.3, 0.4) is 0 Å². The van der Waals surface area contributed by atoms with Crippen LogP contribution in [0.5, 0.6) is 0 Å². The van der Waals surface area contributed by atoms with Crippen LogP contribution in [-0.4, -0.2) is 19.2 Å². The number of sulfone groups is 1. The molecule has 3 aromatic rings. The standard InChI is InChI=1S/C17H14F2N2O2S2/c18-17(19)25(22,23)14-8-6-13(7-9-14)21-15(16-20-10-11-24-16)12-4-2-1-3-5-12/h1-11,15,17,21H. The van der Waals surface area contributed by atoms with Gasteiger partial charge in [-0.3, -0.25) is 0 Å². The molecule has 0 bridgehead atoms. The zero-order valence-corrected chi connectivity index (χ0v) is 14.5. The maximum atomic E-state index is 12.6. The van der Waals surface area contributed by atoms with Gasteiger partial charge in [-0.2, -0.15) is 8.78 Å². The molecule has 1 atom stereocenters. The SMILES string of the molecule is O=S(=O)(c1ccc(NC(c2ccccc2)c2nccs2)cc1)C(F)F. The molecule has 8 heteroatoms. The molecule has 4 nitrogen and oxygen atoms in total. The molecule has 130 valence electrons. The summed E-state index contributed by atoms with van der Waals surface area (Å²) in [5.74, 6) is -3.43. The summed E-state index contributed by atoms with van der Waals surface area (Å²) in [6.45, 7) is 0. The van der Waals surface area contributed by atoms with E-state index >= 15 is 0 Å². The van der Waals surface area contributed by atoms with Crippen LogP contribution in [0, 0.1) is 0 Å². The van der Waals surface area contributed by atoms with Gasteiger partial charge in [-0.1, -0.05) is 30.3 Å². The summed E-state index contributed by atoms with van der Waals surface area (Å²) in [5.41, 5.74) is 1.60. The number of nitrogens with one attached hydrogen (secondary N) is 1. The van der Waals surface area contributed by atoms with Gasteiger partial charge >= 0.3 is 5.76 Å². The molecule has 0 aliphatic rings. The third-order valence-corrected chi connectivity index (χ3v) is 5.80. The van der Waals surface area contributed by atoms with Crippen molar-refractivity contribution >= 4 is 26.9 Å². The smallest absolute Gasteiger partial charge is 0.341 e. The van der Waals surface area contributed by atoms with Crippen molar-refractivity contribution in [2.24, 2.45) is 0 Å². The summed E-state index contributed by atoms with van der Waals surface area (Å²) in [7, 11) is -4.59. The molecule has 0 saturated heterocycles. The van der Waals surface area contributed by atoms with Gasteiger partial charge in [0, 0.05) is 17.3 Å². The molecule has 0 aliphatic carbocycles. The van der Waals surface area contributed by atoms with E-state index in [4.69, 9.17) is 0 Å². The largest absolute Gasteiger partial charge is 0.372 e. The average Bonchev–Trinajstić information content (AvgIpc) is 3.15. The predicted molar refractivity (Wildman–Crippen MR) is 93.7 cm³/mol. The van der Waals surface area contributed by atoms with Crippen molar-refractivity contribution in [3.63, 3.8) is 0 Å². The third kappa shape index (κ3) is 3.85. The van der Waals surface area contributed by atoms with Gasteiger partial charge in [-0.05, 0) is 29.8 Å². The Kier molecular flexibility index (Phi) is 5.10. The van der Waals surface area contributed by atoms with E-state index in [1.54, 1.807) is 6.20 Å². The number of aromatic nitrogens is 1. The summed E-state index contributed by atoms with van der Waals surface area (Å²) in [4.78, 5) is 3.93. The lowest BCUT2D eigenvalue weighted by Crippen LogP contribution is -2.13. The molecule has 1 aromatic heterocycles. The summed E-state index contributed by atoms with van der Waals surface area (Å²) in [6, 6.07) is 14.7. The zero-order chi connectivity index (χ0) is 17.9. The molecule has 1 N–H and O–H groups in total. The van der Waals surface area contributed by atoms with Crippen molar-refractivity contribution in [2.45, 2.75) is 16.7 Å². The number of nitrogens with zero attached hydrogens (tertiary/aromatic N) is 1. The molecular weight excluding hydrogens is 366 g/mol. The Labute approximate surface area is 148 Å². The Bertz CT molecular complexity index is 913. The Morgan fingerprint density at radius 1 is 1.00 bits per heavy atom. The molecule has 0 amide bonds. The van der Waals surface area contributed by atoms with E-state index in [0.29, 0.717) is 5.69 Å². The highest BCUT2D eigenvalue weighted by Crippen LogP contribution is 2.29. The Morgan fingerprint density at radius 2 is 1.68 bits per heavy atom. The van der Waals surface area contributed by atoms with Gasteiger partial charge < -0.3 is 5.32 Å². The quantitative estimate of drug-likeness (QED) is 0.691. The molecule has 0 spiro atoms. The van der Waals surface area contributed by atoms with Crippen LogP contribution in [0.1, 0.15) is 16.6 Å². The molecule has 25 heavy (non-hydrogen) atoms. The third-order valence-electron chi connectivity index (χ3n) is 3.56. The van der Waals surface area contributed by atoms with Gasteiger partial charge in [0.1, 0.15) is 11.0 Å². The van der Waals surface area contributed by atoms with Crippen LogP contribution in [0.4, 0.5) is 14.5 Å². The van der Waals surface area contributed by atoms with E-state index in [2.05, 4.69) is 10.3 Å². The fourth-order valence-electron chi connectivity index (χ4n) is 2.32. The fourth-order valence-corrected chi connectivity index (χ4v) is 3.76. The first-order valence-corrected chi connectivity index (χ1v) is 9.74. The Balaban J connectivity index is 1.88. The Morgan fingerprint density at radius 3 is 2.24 bits per heavy atom. The van der Waals surface area contributed by atoms with Gasteiger partial charge in [0.25, 0.3) is 0 Å². The van der Waals surface area contributed by atoms with E-state index in [9.17, 15) is 17.2 Å². The predicted octanol–water partition coefficient (Wildman–Crippen LogP) is 4.34. The van der Waals surface area contributed by atoms with Crippen LogP contribution in [-0.2, 0) is 9.84 Å². The van der Waals surface area contributed by atoms with Crippen molar-refractivity contribution in [1.29, 1.82) is 0 Å². The summed E-state index contributed by atoms with van der Waals surface area (Å²) in [6.07, 6.45) is 1.70. The first kappa shape index (κ1) is 17.5. The van der Waals surface area contributed by atoms with E-state index < -0.39 is 20.5 Å². The van der Waals surface area contributed by atoms with Crippen LogP contribution < -0.4 is 5.32 Å². The lowest BCUT2D eigenvalue weighted by Gasteiger charge is -2.18. The second kappa shape index (κ2) is 7.28. The van der Waals surface area contributed by atoms with Gasteiger partial charge in [0.05, 0.1) is 4.90 Å². The van der Waals surface area contributed by atoms with E-state index in [1.807, 2.05) is 35.7 Å². The van der Waals surface area contributed by atoms with Crippen LogP contribution in [0.25, 0.3) is 0 Å². The first-order chi connectivity index (χ1) is 12.0. The number of alkyl halides is 2. The van der Waals surface area contributed by atoms with Crippen molar-refractivity contribution in [3.05, 3.63) is 76.7 Å². The van der Waals surface area contributed by atoms with Gasteiger partial charge in [0.2, 0.25) is 9.84 Å². The maximum absolute atomic E-state index is 12.6. The molecule has 2 aromatic carbocycles. The minimum absolute atomic E-state index is 0.223. The van der Waals surface area contributed by atoms with Crippen LogP contribution >= 0.6 is 11.3 Å². The minimum Gasteiger partial charge on any atom is -0.372 e. The van der Waals surface area contributed by atoms with Gasteiger partial charge in [0.15, 0.2) is 0 Å². The maximum Gasteiger partial charge on any atom is 0.341 e. The highest BCUT2D eigenvalue weighted by Gasteiger charge is 2.26. The molecule has 3 rings (SSSR count). The lowest BCUT2D eigenvalue weighted by atomic mass is 10.1. The summed E-state index contributed by atoms with van der Waals surface area (Å²) >= 11 is 1.49. The van der Waals surface area contributed by atoms with Gasteiger partial charge in [-0.15, -0.1) is 11.3 Å². The second-order valence-corrected chi connectivity index (χ2v) is 8.03. The van der Waals surface area contributed by atoms with Crippen molar-refractivity contribution in [1.82, 2.24) is 4.98 Å². The van der Waals surface area contributed by atoms with E-state index in [-0.39, 0.29) is 6.04 Å². The highest BCUT2D eigenvalue weighted by molar-refractivity contribution is 7.91. The molecule has 0 aliphatic heterocycles. The number of hydrogen-bond donors (Lipinski definition) is 1. The lowest BCUT2D eigenvalue weighted by molar-refractivity contribution is 0.234. The average molecular weight is 380 g/mol. The summed E-state index contributed by atoms with van der Waals surface area (Å²) < 4.78 is 48.2. The number of rotatable bonds is 6. The molecular formula is C17H14F2N2O2S2. The van der Waals surface area contributed by atoms with Crippen LogP contribution in [0.15, 0.2) is 71.1 Å².